The fraction of sp³-hybridized carbons (Fsp3) is 0.625. The average molecular weight is 439 g/mol. The number of aliphatic hydroxyl groups is 1. The van der Waals surface area contributed by atoms with E-state index in [0.29, 0.717) is 12.2 Å². The van der Waals surface area contributed by atoms with Crippen molar-refractivity contribution >= 4 is 5.91 Å². The lowest BCUT2D eigenvalue weighted by molar-refractivity contribution is -0.135. The second-order valence-corrected chi connectivity index (χ2v) is 9.97. The molecule has 8 nitrogen and oxygen atoms in total. The maximum absolute atomic E-state index is 12.9. The molecule has 2 fully saturated rings. The van der Waals surface area contributed by atoms with Crippen LogP contribution >= 0.6 is 0 Å². The first-order valence-corrected chi connectivity index (χ1v) is 11.9. The van der Waals surface area contributed by atoms with Crippen LogP contribution in [0.25, 0.3) is 5.69 Å². The van der Waals surface area contributed by atoms with E-state index in [1.807, 2.05) is 27.9 Å². The third-order valence-electron chi connectivity index (χ3n) is 7.19. The fourth-order valence-corrected chi connectivity index (χ4v) is 4.92. The molecule has 0 unspecified atom stereocenters. The average Bonchev–Trinajstić information content (AvgIpc) is 3.16. The monoisotopic (exact) mass is 438 g/mol. The number of hydrogen-bond acceptors (Lipinski definition) is 6. The molecule has 1 saturated carbocycles. The number of carbonyl (C=O) groups excluding carboxylic acids is 1. The van der Waals surface area contributed by atoms with Gasteiger partial charge in [-0.15, -0.1) is 0 Å². The molecule has 2 aromatic rings. The molecule has 1 N–H and O–H groups in total. The van der Waals surface area contributed by atoms with E-state index in [-0.39, 0.29) is 5.91 Å². The highest BCUT2D eigenvalue weighted by Crippen LogP contribution is 2.26. The SMILES string of the molecule is CC(C)(O)c1cc(-n2cc3c(n2)CCN(CC(=O)N2CCN(C4CCC4)CC2)C3)ccn1. The largest absolute Gasteiger partial charge is 0.384 e. The molecule has 2 aromatic heterocycles. The zero-order valence-corrected chi connectivity index (χ0v) is 19.2. The zero-order valence-electron chi connectivity index (χ0n) is 19.2. The number of carbonyl (C=O) groups is 1. The van der Waals surface area contributed by atoms with Crippen LogP contribution in [0.2, 0.25) is 0 Å². The van der Waals surface area contributed by atoms with Crippen LogP contribution in [0.5, 0.6) is 0 Å². The van der Waals surface area contributed by atoms with Crippen LogP contribution in [-0.2, 0) is 23.4 Å². The molecule has 2 aliphatic heterocycles. The van der Waals surface area contributed by atoms with E-state index in [1.165, 1.54) is 24.8 Å². The molecule has 172 valence electrons. The number of rotatable bonds is 5. The maximum Gasteiger partial charge on any atom is 0.236 e. The van der Waals surface area contributed by atoms with Crippen LogP contribution in [0.15, 0.2) is 24.5 Å². The molecule has 1 saturated heterocycles. The number of nitrogens with zero attached hydrogens (tertiary/aromatic N) is 6. The quantitative estimate of drug-likeness (QED) is 0.763. The van der Waals surface area contributed by atoms with Gasteiger partial charge in [-0.05, 0) is 38.8 Å². The van der Waals surface area contributed by atoms with Crippen LogP contribution < -0.4 is 0 Å². The summed E-state index contributed by atoms with van der Waals surface area (Å²) < 4.78 is 1.87. The minimum absolute atomic E-state index is 0.248. The van der Waals surface area contributed by atoms with Crippen molar-refractivity contribution in [3.63, 3.8) is 0 Å². The maximum atomic E-state index is 12.9. The van der Waals surface area contributed by atoms with Crippen LogP contribution in [-0.4, -0.2) is 85.8 Å². The highest BCUT2D eigenvalue weighted by molar-refractivity contribution is 5.78. The predicted molar refractivity (Wildman–Crippen MR) is 121 cm³/mol. The van der Waals surface area contributed by atoms with Gasteiger partial charge in [0.1, 0.15) is 5.60 Å². The van der Waals surface area contributed by atoms with E-state index in [1.54, 1.807) is 20.0 Å². The van der Waals surface area contributed by atoms with E-state index in [4.69, 9.17) is 5.10 Å². The summed E-state index contributed by atoms with van der Waals surface area (Å²) in [6, 6.07) is 4.55. The summed E-state index contributed by atoms with van der Waals surface area (Å²) in [5.74, 6) is 0.248. The van der Waals surface area contributed by atoms with Crippen molar-refractivity contribution in [3.8, 4) is 5.69 Å². The van der Waals surface area contributed by atoms with Crippen LogP contribution in [0.3, 0.4) is 0 Å². The fourth-order valence-electron chi connectivity index (χ4n) is 4.92. The van der Waals surface area contributed by atoms with Gasteiger partial charge < -0.3 is 10.0 Å². The summed E-state index contributed by atoms with van der Waals surface area (Å²) in [6.07, 6.45) is 8.62. The van der Waals surface area contributed by atoms with E-state index < -0.39 is 5.60 Å². The predicted octanol–water partition coefficient (Wildman–Crippen LogP) is 1.55. The van der Waals surface area contributed by atoms with Gasteiger partial charge in [0.05, 0.1) is 23.6 Å². The molecule has 0 aromatic carbocycles. The smallest absolute Gasteiger partial charge is 0.236 e. The summed E-state index contributed by atoms with van der Waals surface area (Å²) in [4.78, 5) is 24.0. The summed E-state index contributed by atoms with van der Waals surface area (Å²) in [5.41, 5.74) is 2.76. The highest BCUT2D eigenvalue weighted by atomic mass is 16.3. The first kappa shape index (κ1) is 21.6. The lowest BCUT2D eigenvalue weighted by atomic mass is 9.91. The number of piperazine rings is 1. The Morgan fingerprint density at radius 3 is 2.66 bits per heavy atom. The van der Waals surface area contributed by atoms with Crippen molar-refractivity contribution in [2.24, 2.45) is 0 Å². The van der Waals surface area contributed by atoms with Gasteiger partial charge in [-0.1, -0.05) is 6.42 Å². The Kier molecular flexibility index (Phi) is 5.77. The first-order chi connectivity index (χ1) is 15.4. The van der Waals surface area contributed by atoms with Gasteiger partial charge in [0.2, 0.25) is 5.91 Å². The second-order valence-electron chi connectivity index (χ2n) is 9.97. The van der Waals surface area contributed by atoms with Gasteiger partial charge in [0.25, 0.3) is 0 Å². The summed E-state index contributed by atoms with van der Waals surface area (Å²) in [6.45, 7) is 9.29. The number of fused-ring (bicyclic) bond motifs is 1. The van der Waals surface area contributed by atoms with Gasteiger partial charge in [-0.25, -0.2) is 4.68 Å². The van der Waals surface area contributed by atoms with Gasteiger partial charge in [0, 0.05) is 69.7 Å². The second kappa shape index (κ2) is 8.57. The first-order valence-electron chi connectivity index (χ1n) is 11.9. The minimum atomic E-state index is -0.997. The van der Waals surface area contributed by atoms with Gasteiger partial charge >= 0.3 is 0 Å². The number of pyridine rings is 1. The van der Waals surface area contributed by atoms with E-state index in [9.17, 15) is 9.90 Å². The number of amides is 1. The zero-order chi connectivity index (χ0) is 22.3. The van der Waals surface area contributed by atoms with Crippen molar-refractivity contribution in [2.75, 3.05) is 39.3 Å². The molecular weight excluding hydrogens is 404 g/mol. The summed E-state index contributed by atoms with van der Waals surface area (Å²) >= 11 is 0. The van der Waals surface area contributed by atoms with Gasteiger partial charge in [-0.2, -0.15) is 5.10 Å². The lowest BCUT2D eigenvalue weighted by Crippen LogP contribution is -2.55. The van der Waals surface area contributed by atoms with Crippen LogP contribution in [0, 0.1) is 0 Å². The Morgan fingerprint density at radius 2 is 1.97 bits per heavy atom. The van der Waals surface area contributed by atoms with E-state index in [0.717, 1.165) is 63.1 Å². The van der Waals surface area contributed by atoms with E-state index in [2.05, 4.69) is 14.8 Å². The standard InChI is InChI=1S/C24H34N6O2/c1-24(2,32)22-14-20(6-8-25-22)30-16-18-15-27(9-7-21(18)26-30)17-23(31)29-12-10-28(11-13-29)19-4-3-5-19/h6,8,14,16,19,32H,3-5,7,9-13,15,17H2,1-2H3. The normalized spacial score (nSPS) is 20.8. The third kappa shape index (κ3) is 4.44. The molecule has 1 aliphatic carbocycles. The highest BCUT2D eigenvalue weighted by Gasteiger charge is 2.30. The van der Waals surface area contributed by atoms with Gasteiger partial charge in [0.15, 0.2) is 0 Å². The van der Waals surface area contributed by atoms with Gasteiger partial charge in [-0.3, -0.25) is 19.6 Å². The molecule has 1 amide bonds. The molecule has 3 aliphatic rings. The molecular formula is C24H34N6O2. The Labute approximate surface area is 189 Å². The van der Waals surface area contributed by atoms with Crippen molar-refractivity contribution in [3.05, 3.63) is 41.5 Å². The van der Waals surface area contributed by atoms with Crippen molar-refractivity contribution < 1.29 is 9.90 Å². The Bertz CT molecular complexity index is 969. The molecule has 0 radical (unpaired) electrons. The van der Waals surface area contributed by atoms with Crippen LogP contribution in [0.4, 0.5) is 0 Å². The van der Waals surface area contributed by atoms with Crippen LogP contribution in [0.1, 0.15) is 50.1 Å². The molecule has 4 heterocycles. The molecule has 5 rings (SSSR count). The van der Waals surface area contributed by atoms with Crippen molar-refractivity contribution in [1.82, 2.24) is 29.5 Å². The molecule has 0 atom stereocenters. The summed E-state index contributed by atoms with van der Waals surface area (Å²) in [7, 11) is 0. The summed E-state index contributed by atoms with van der Waals surface area (Å²) in [5, 5.41) is 15.0. The number of hydrogen-bond donors (Lipinski definition) is 1. The Hall–Kier alpha value is -2.29. The third-order valence-corrected chi connectivity index (χ3v) is 7.19. The number of aromatic nitrogens is 3. The minimum Gasteiger partial charge on any atom is -0.384 e. The Morgan fingerprint density at radius 1 is 1.19 bits per heavy atom. The van der Waals surface area contributed by atoms with Crippen molar-refractivity contribution in [1.29, 1.82) is 0 Å². The van der Waals surface area contributed by atoms with Crippen molar-refractivity contribution in [2.45, 2.75) is 57.7 Å². The Balaban J connectivity index is 1.19. The topological polar surface area (TPSA) is 77.7 Å². The molecule has 8 heteroatoms. The van der Waals surface area contributed by atoms with E-state index >= 15 is 0 Å². The molecule has 0 spiro atoms. The lowest BCUT2D eigenvalue weighted by Gasteiger charge is -2.43. The molecule has 0 bridgehead atoms. The molecule has 32 heavy (non-hydrogen) atoms.